The number of hydrogen-bond acceptors (Lipinski definition) is 3. The molecule has 1 aromatic heterocycles. The van der Waals surface area contributed by atoms with Gasteiger partial charge in [0.05, 0.1) is 5.69 Å². The summed E-state index contributed by atoms with van der Waals surface area (Å²) < 4.78 is 0. The van der Waals surface area contributed by atoms with Crippen LogP contribution in [-0.2, 0) is 0 Å². The van der Waals surface area contributed by atoms with Crippen molar-refractivity contribution in [1.82, 2.24) is 15.6 Å². The van der Waals surface area contributed by atoms with Crippen LogP contribution in [0.3, 0.4) is 0 Å². The first-order valence-electron chi connectivity index (χ1n) is 6.24. The van der Waals surface area contributed by atoms with E-state index >= 15 is 0 Å². The van der Waals surface area contributed by atoms with E-state index < -0.39 is 0 Å². The number of rotatable bonds is 4. The maximum absolute atomic E-state index is 4.36. The molecule has 0 amide bonds. The van der Waals surface area contributed by atoms with Gasteiger partial charge in [-0.15, -0.1) is 0 Å². The quantitative estimate of drug-likeness (QED) is 0.812. The predicted molar refractivity (Wildman–Crippen MR) is 66.3 cm³/mol. The fourth-order valence-electron chi connectivity index (χ4n) is 2.15. The van der Waals surface area contributed by atoms with E-state index in [0.29, 0.717) is 12.1 Å². The number of pyridine rings is 1. The molecule has 0 bridgehead atoms. The summed E-state index contributed by atoms with van der Waals surface area (Å²) in [5.41, 5.74) is 1.12. The summed E-state index contributed by atoms with van der Waals surface area (Å²) in [6.07, 6.45) is 5.83. The number of piperidine rings is 1. The number of nitrogens with one attached hydrogen (secondary N) is 2. The molecule has 0 spiro atoms. The summed E-state index contributed by atoms with van der Waals surface area (Å²) in [6, 6.07) is 7.05. The lowest BCUT2D eigenvalue weighted by Crippen LogP contribution is -2.42. The van der Waals surface area contributed by atoms with Gasteiger partial charge < -0.3 is 10.6 Å². The lowest BCUT2D eigenvalue weighted by Gasteiger charge is -2.25. The molecule has 0 radical (unpaired) electrons. The van der Waals surface area contributed by atoms with Gasteiger partial charge in [-0.25, -0.2) is 0 Å². The van der Waals surface area contributed by atoms with Gasteiger partial charge in [0.25, 0.3) is 0 Å². The Bertz CT molecular complexity index is 293. The van der Waals surface area contributed by atoms with Gasteiger partial charge in [-0.1, -0.05) is 12.5 Å². The summed E-state index contributed by atoms with van der Waals surface area (Å²) in [7, 11) is 0. The maximum atomic E-state index is 4.36. The summed E-state index contributed by atoms with van der Waals surface area (Å²) >= 11 is 0. The van der Waals surface area contributed by atoms with E-state index in [1.165, 1.54) is 25.8 Å². The van der Waals surface area contributed by atoms with Crippen LogP contribution in [0.15, 0.2) is 24.4 Å². The van der Waals surface area contributed by atoms with Crippen molar-refractivity contribution >= 4 is 0 Å². The van der Waals surface area contributed by atoms with Gasteiger partial charge in [0.2, 0.25) is 0 Å². The second-order valence-corrected chi connectivity index (χ2v) is 4.53. The van der Waals surface area contributed by atoms with Crippen LogP contribution in [-0.4, -0.2) is 24.1 Å². The molecule has 1 aromatic rings. The Hall–Kier alpha value is -0.930. The van der Waals surface area contributed by atoms with Crippen LogP contribution in [0, 0.1) is 0 Å². The smallest absolute Gasteiger partial charge is 0.0570 e. The molecule has 2 heterocycles. The molecule has 0 aromatic carbocycles. The third-order valence-corrected chi connectivity index (χ3v) is 3.21. The Morgan fingerprint density at radius 3 is 3.12 bits per heavy atom. The van der Waals surface area contributed by atoms with E-state index in [4.69, 9.17) is 0 Å². The first kappa shape index (κ1) is 11.6. The highest BCUT2D eigenvalue weighted by Crippen LogP contribution is 2.10. The predicted octanol–water partition coefficient (Wildman–Crippen LogP) is 1.87. The van der Waals surface area contributed by atoms with Crippen molar-refractivity contribution in [3.63, 3.8) is 0 Å². The Labute approximate surface area is 97.7 Å². The third-order valence-electron chi connectivity index (χ3n) is 3.21. The van der Waals surface area contributed by atoms with Crippen LogP contribution < -0.4 is 10.6 Å². The minimum absolute atomic E-state index is 0.338. The Balaban J connectivity index is 1.77. The van der Waals surface area contributed by atoms with E-state index in [1.807, 2.05) is 18.3 Å². The zero-order valence-corrected chi connectivity index (χ0v) is 9.95. The van der Waals surface area contributed by atoms with Crippen molar-refractivity contribution < 1.29 is 0 Å². The van der Waals surface area contributed by atoms with Gasteiger partial charge in [-0.3, -0.25) is 4.98 Å². The van der Waals surface area contributed by atoms with Crippen LogP contribution in [0.5, 0.6) is 0 Å². The van der Waals surface area contributed by atoms with Crippen LogP contribution in [0.4, 0.5) is 0 Å². The van der Waals surface area contributed by atoms with E-state index in [-0.39, 0.29) is 0 Å². The van der Waals surface area contributed by atoms with E-state index in [0.717, 1.165) is 12.2 Å². The zero-order chi connectivity index (χ0) is 11.2. The molecule has 16 heavy (non-hydrogen) atoms. The molecular formula is C13H21N3. The van der Waals surface area contributed by atoms with E-state index in [9.17, 15) is 0 Å². The van der Waals surface area contributed by atoms with Gasteiger partial charge in [0.1, 0.15) is 0 Å². The molecule has 0 aliphatic carbocycles. The fourth-order valence-corrected chi connectivity index (χ4v) is 2.15. The van der Waals surface area contributed by atoms with Crippen LogP contribution >= 0.6 is 0 Å². The topological polar surface area (TPSA) is 37.0 Å². The molecule has 3 nitrogen and oxygen atoms in total. The van der Waals surface area contributed by atoms with Crippen molar-refractivity contribution in [2.24, 2.45) is 0 Å². The first-order valence-corrected chi connectivity index (χ1v) is 6.24. The molecule has 2 atom stereocenters. The monoisotopic (exact) mass is 219 g/mol. The van der Waals surface area contributed by atoms with E-state index in [1.54, 1.807) is 0 Å². The van der Waals surface area contributed by atoms with Gasteiger partial charge in [-0.2, -0.15) is 0 Å². The molecule has 88 valence electrons. The molecule has 2 rings (SSSR count). The molecule has 1 fully saturated rings. The Morgan fingerprint density at radius 1 is 1.50 bits per heavy atom. The summed E-state index contributed by atoms with van der Waals surface area (Å²) in [5, 5.41) is 7.09. The molecular weight excluding hydrogens is 198 g/mol. The van der Waals surface area contributed by atoms with Gasteiger partial charge in [0, 0.05) is 24.8 Å². The highest BCUT2D eigenvalue weighted by molar-refractivity contribution is 5.07. The fraction of sp³-hybridized carbons (Fsp3) is 0.615. The summed E-state index contributed by atoms with van der Waals surface area (Å²) in [5.74, 6) is 0. The SMILES string of the molecule is C[C@H](NC[C@@H]1CCCCN1)c1ccccn1. The molecule has 0 saturated carbocycles. The minimum Gasteiger partial charge on any atom is -0.313 e. The minimum atomic E-state index is 0.338. The molecule has 1 aliphatic heterocycles. The van der Waals surface area contributed by atoms with Crippen molar-refractivity contribution in [2.75, 3.05) is 13.1 Å². The van der Waals surface area contributed by atoms with Crippen molar-refractivity contribution in [3.05, 3.63) is 30.1 Å². The van der Waals surface area contributed by atoms with Gasteiger partial charge in [-0.05, 0) is 38.4 Å². The average molecular weight is 219 g/mol. The molecule has 0 unspecified atom stereocenters. The van der Waals surface area contributed by atoms with Crippen molar-refractivity contribution in [1.29, 1.82) is 0 Å². The maximum Gasteiger partial charge on any atom is 0.0570 e. The van der Waals surface area contributed by atoms with Crippen LogP contribution in [0.2, 0.25) is 0 Å². The van der Waals surface area contributed by atoms with Gasteiger partial charge >= 0.3 is 0 Å². The number of aromatic nitrogens is 1. The largest absolute Gasteiger partial charge is 0.313 e. The van der Waals surface area contributed by atoms with Crippen LogP contribution in [0.1, 0.15) is 37.9 Å². The molecule has 3 heteroatoms. The van der Waals surface area contributed by atoms with Crippen LogP contribution in [0.25, 0.3) is 0 Å². The Morgan fingerprint density at radius 2 is 2.44 bits per heavy atom. The lowest BCUT2D eigenvalue weighted by molar-refractivity contribution is 0.370. The van der Waals surface area contributed by atoms with Crippen molar-refractivity contribution in [2.45, 2.75) is 38.3 Å². The lowest BCUT2D eigenvalue weighted by atomic mass is 10.0. The van der Waals surface area contributed by atoms with Gasteiger partial charge in [0.15, 0.2) is 0 Å². The Kier molecular flexibility index (Phi) is 4.31. The second kappa shape index (κ2) is 5.97. The van der Waals surface area contributed by atoms with E-state index in [2.05, 4.69) is 28.6 Å². The second-order valence-electron chi connectivity index (χ2n) is 4.53. The molecule has 1 saturated heterocycles. The number of hydrogen-bond donors (Lipinski definition) is 2. The van der Waals surface area contributed by atoms with Crippen molar-refractivity contribution in [3.8, 4) is 0 Å². The number of nitrogens with zero attached hydrogens (tertiary/aromatic N) is 1. The first-order chi connectivity index (χ1) is 7.86. The average Bonchev–Trinajstić information content (AvgIpc) is 2.38. The molecule has 1 aliphatic rings. The normalized spacial score (nSPS) is 22.9. The highest BCUT2D eigenvalue weighted by Gasteiger charge is 2.13. The third kappa shape index (κ3) is 3.29. The molecule has 2 N–H and O–H groups in total. The standard InChI is InChI=1S/C13H21N3/c1-11(13-7-3-5-9-15-13)16-10-12-6-2-4-8-14-12/h3,5,7,9,11-12,14,16H,2,4,6,8,10H2,1H3/t11-,12-/m0/s1. The highest BCUT2D eigenvalue weighted by atomic mass is 15.0. The zero-order valence-electron chi connectivity index (χ0n) is 9.95. The summed E-state index contributed by atoms with van der Waals surface area (Å²) in [4.78, 5) is 4.36. The summed E-state index contributed by atoms with van der Waals surface area (Å²) in [6.45, 7) is 4.38.